The highest BCUT2D eigenvalue weighted by Gasteiger charge is 2.22. The number of likely N-dealkylation sites (N-methyl/N-ethyl adjacent to an activating group) is 1. The van der Waals surface area contributed by atoms with Crippen LogP contribution in [0, 0.1) is 12.7 Å². The highest BCUT2D eigenvalue weighted by molar-refractivity contribution is 6.06. The molecule has 0 unspecified atom stereocenters. The fraction of sp³-hybridized carbons (Fsp3) is 0.281. The van der Waals surface area contributed by atoms with Gasteiger partial charge in [-0.1, -0.05) is 24.8 Å². The normalized spacial score (nSPS) is 14.0. The molecule has 3 heterocycles. The number of H-pyrrole nitrogens is 1. The van der Waals surface area contributed by atoms with Gasteiger partial charge in [0.2, 0.25) is 5.91 Å². The van der Waals surface area contributed by atoms with Gasteiger partial charge in [0, 0.05) is 54.6 Å². The SMILES string of the molecule is C=CC(=O)Nc1cc(-c2c(-c3ccc(N4CCN(C)CC4)c(F)c3)[nH]c3ncc(C(=O)OC(C)C)cc23)ccc1C. The largest absolute Gasteiger partial charge is 0.459 e. The van der Waals surface area contributed by atoms with Crippen molar-refractivity contribution in [3.8, 4) is 22.4 Å². The molecule has 41 heavy (non-hydrogen) atoms. The number of benzene rings is 2. The minimum atomic E-state index is -0.478. The summed E-state index contributed by atoms with van der Waals surface area (Å²) >= 11 is 0. The summed E-state index contributed by atoms with van der Waals surface area (Å²) in [6, 6.07) is 12.7. The summed E-state index contributed by atoms with van der Waals surface area (Å²) in [5, 5.41) is 3.52. The first kappa shape index (κ1) is 28.0. The number of fused-ring (bicyclic) bond motifs is 1. The van der Waals surface area contributed by atoms with Crippen LogP contribution in [-0.2, 0) is 9.53 Å². The van der Waals surface area contributed by atoms with E-state index >= 15 is 4.39 Å². The maximum absolute atomic E-state index is 15.6. The van der Waals surface area contributed by atoms with E-state index in [1.54, 1.807) is 19.9 Å². The molecule has 1 aliphatic rings. The number of esters is 1. The number of ether oxygens (including phenoxy) is 1. The van der Waals surface area contributed by atoms with Crippen molar-refractivity contribution in [3.63, 3.8) is 0 Å². The predicted molar refractivity (Wildman–Crippen MR) is 161 cm³/mol. The number of nitrogens with one attached hydrogen (secondary N) is 2. The molecule has 1 amide bonds. The molecule has 212 valence electrons. The number of aromatic amines is 1. The van der Waals surface area contributed by atoms with Crippen molar-refractivity contribution in [2.24, 2.45) is 0 Å². The van der Waals surface area contributed by atoms with Crippen molar-refractivity contribution < 1.29 is 18.7 Å². The van der Waals surface area contributed by atoms with Crippen molar-refractivity contribution in [3.05, 3.63) is 78.3 Å². The molecule has 1 fully saturated rings. The summed E-state index contributed by atoms with van der Waals surface area (Å²) in [6.07, 6.45) is 2.40. The van der Waals surface area contributed by atoms with E-state index in [-0.39, 0.29) is 17.8 Å². The number of hydrogen-bond acceptors (Lipinski definition) is 6. The van der Waals surface area contributed by atoms with Crippen molar-refractivity contribution in [2.75, 3.05) is 43.4 Å². The van der Waals surface area contributed by atoms with Crippen molar-refractivity contribution >= 4 is 34.3 Å². The number of nitrogens with zero attached hydrogens (tertiary/aromatic N) is 3. The van der Waals surface area contributed by atoms with E-state index < -0.39 is 5.97 Å². The fourth-order valence-corrected chi connectivity index (χ4v) is 5.04. The maximum atomic E-state index is 15.6. The van der Waals surface area contributed by atoms with Crippen LogP contribution in [0.15, 0.2) is 61.3 Å². The first-order chi connectivity index (χ1) is 19.6. The van der Waals surface area contributed by atoms with Crippen LogP contribution in [0.1, 0.15) is 29.8 Å². The van der Waals surface area contributed by atoms with E-state index in [1.807, 2.05) is 37.3 Å². The van der Waals surface area contributed by atoms with Gasteiger partial charge < -0.3 is 24.8 Å². The third kappa shape index (κ3) is 5.85. The smallest absolute Gasteiger partial charge is 0.339 e. The fourth-order valence-electron chi connectivity index (χ4n) is 5.04. The number of rotatable bonds is 7. The highest BCUT2D eigenvalue weighted by atomic mass is 19.1. The number of hydrogen-bond donors (Lipinski definition) is 2. The number of aryl methyl sites for hydroxylation is 1. The van der Waals surface area contributed by atoms with Gasteiger partial charge in [-0.25, -0.2) is 14.2 Å². The van der Waals surface area contributed by atoms with Crippen LogP contribution in [0.3, 0.4) is 0 Å². The first-order valence-corrected chi connectivity index (χ1v) is 13.6. The average Bonchev–Trinajstić information content (AvgIpc) is 3.33. The van der Waals surface area contributed by atoms with Crippen LogP contribution < -0.4 is 10.2 Å². The van der Waals surface area contributed by atoms with Gasteiger partial charge in [-0.2, -0.15) is 0 Å². The maximum Gasteiger partial charge on any atom is 0.339 e. The number of halogens is 1. The van der Waals surface area contributed by atoms with Gasteiger partial charge in [0.25, 0.3) is 0 Å². The van der Waals surface area contributed by atoms with E-state index in [0.717, 1.165) is 42.9 Å². The van der Waals surface area contributed by atoms with E-state index in [0.29, 0.717) is 39.2 Å². The quantitative estimate of drug-likeness (QED) is 0.222. The lowest BCUT2D eigenvalue weighted by Crippen LogP contribution is -2.44. The second-order valence-electron chi connectivity index (χ2n) is 10.6. The Morgan fingerprint density at radius 2 is 1.83 bits per heavy atom. The van der Waals surface area contributed by atoms with Gasteiger partial charge in [0.05, 0.1) is 23.0 Å². The summed E-state index contributed by atoms with van der Waals surface area (Å²) in [6.45, 7) is 12.3. The van der Waals surface area contributed by atoms with Gasteiger partial charge >= 0.3 is 5.97 Å². The molecule has 0 radical (unpaired) electrons. The number of carbonyl (C=O) groups is 2. The Morgan fingerprint density at radius 3 is 2.51 bits per heavy atom. The molecule has 5 rings (SSSR count). The molecule has 0 atom stereocenters. The molecular formula is C32H34FN5O3. The third-order valence-corrected chi connectivity index (χ3v) is 7.28. The van der Waals surface area contributed by atoms with E-state index in [4.69, 9.17) is 4.74 Å². The number of aromatic nitrogens is 2. The number of amides is 1. The Kier molecular flexibility index (Phi) is 7.90. The molecule has 1 saturated heterocycles. The highest BCUT2D eigenvalue weighted by Crippen LogP contribution is 2.40. The molecule has 2 aromatic heterocycles. The van der Waals surface area contributed by atoms with E-state index in [9.17, 15) is 9.59 Å². The minimum Gasteiger partial charge on any atom is -0.459 e. The van der Waals surface area contributed by atoms with Crippen LogP contribution in [-0.4, -0.2) is 66.1 Å². The topological polar surface area (TPSA) is 90.6 Å². The van der Waals surface area contributed by atoms with Gasteiger partial charge in [0.1, 0.15) is 11.5 Å². The van der Waals surface area contributed by atoms with Crippen LogP contribution in [0.4, 0.5) is 15.8 Å². The Morgan fingerprint density at radius 1 is 1.10 bits per heavy atom. The number of pyridine rings is 1. The zero-order valence-electron chi connectivity index (χ0n) is 23.8. The number of anilines is 2. The molecule has 1 aliphatic heterocycles. The van der Waals surface area contributed by atoms with Gasteiger partial charge in [-0.3, -0.25) is 4.79 Å². The lowest BCUT2D eigenvalue weighted by molar-refractivity contribution is -0.111. The first-order valence-electron chi connectivity index (χ1n) is 13.6. The number of piperazine rings is 1. The molecule has 0 bridgehead atoms. The zero-order valence-corrected chi connectivity index (χ0v) is 23.8. The predicted octanol–water partition coefficient (Wildman–Crippen LogP) is 5.79. The number of carbonyl (C=O) groups excluding carboxylic acids is 2. The molecule has 2 aromatic carbocycles. The minimum absolute atomic E-state index is 0.283. The molecule has 0 saturated carbocycles. The van der Waals surface area contributed by atoms with Gasteiger partial charge in [0.15, 0.2) is 0 Å². The summed E-state index contributed by atoms with van der Waals surface area (Å²) in [5.41, 5.74) is 5.68. The monoisotopic (exact) mass is 555 g/mol. The standard InChI is InChI=1S/C32H34FN5O3/c1-6-28(39)35-26-17-21(8-7-20(26)4)29-24-15-23(32(40)41-19(2)3)18-34-31(24)36-30(29)22-9-10-27(25(33)16-22)38-13-11-37(5)12-14-38/h6-10,15-19H,1,11-14H2,2-5H3,(H,34,36)(H,35,39). The average molecular weight is 556 g/mol. The van der Waals surface area contributed by atoms with Crippen LogP contribution in [0.2, 0.25) is 0 Å². The van der Waals surface area contributed by atoms with Crippen LogP contribution in [0.25, 0.3) is 33.4 Å². The van der Waals surface area contributed by atoms with Crippen molar-refractivity contribution in [2.45, 2.75) is 26.9 Å². The Bertz CT molecular complexity index is 1640. The van der Waals surface area contributed by atoms with E-state index in [1.165, 1.54) is 18.3 Å². The molecular weight excluding hydrogens is 521 g/mol. The van der Waals surface area contributed by atoms with Gasteiger partial charge in [-0.15, -0.1) is 0 Å². The molecule has 4 aromatic rings. The molecule has 9 heteroatoms. The van der Waals surface area contributed by atoms with Crippen LogP contribution >= 0.6 is 0 Å². The second kappa shape index (κ2) is 11.5. The summed E-state index contributed by atoms with van der Waals surface area (Å²) in [4.78, 5) is 37.0. The zero-order chi connectivity index (χ0) is 29.3. The Labute approximate surface area is 238 Å². The van der Waals surface area contributed by atoms with Crippen molar-refractivity contribution in [1.82, 2.24) is 14.9 Å². The lowest BCUT2D eigenvalue weighted by atomic mass is 9.96. The Hall–Kier alpha value is -4.50. The molecule has 8 nitrogen and oxygen atoms in total. The van der Waals surface area contributed by atoms with Crippen molar-refractivity contribution in [1.29, 1.82) is 0 Å². The lowest BCUT2D eigenvalue weighted by Gasteiger charge is -2.34. The molecule has 0 spiro atoms. The van der Waals surface area contributed by atoms with Gasteiger partial charge in [-0.05, 0) is 69.3 Å². The molecule has 2 N–H and O–H groups in total. The van der Waals surface area contributed by atoms with E-state index in [2.05, 4.69) is 38.7 Å². The Balaban J connectivity index is 1.66. The molecule has 0 aliphatic carbocycles. The third-order valence-electron chi connectivity index (χ3n) is 7.28. The second-order valence-corrected chi connectivity index (χ2v) is 10.6. The summed E-state index contributed by atoms with van der Waals surface area (Å²) in [7, 11) is 2.06. The van der Waals surface area contributed by atoms with Crippen LogP contribution in [0.5, 0.6) is 0 Å². The summed E-state index contributed by atoms with van der Waals surface area (Å²) in [5.74, 6) is -1.12. The summed E-state index contributed by atoms with van der Waals surface area (Å²) < 4.78 is 21.0.